The van der Waals surface area contributed by atoms with Gasteiger partial charge in [-0.2, -0.15) is 0 Å². The first-order valence-electron chi connectivity index (χ1n) is 12.3. The number of allylic oxidation sites excluding steroid dienone is 1. The summed E-state index contributed by atoms with van der Waals surface area (Å²) in [4.78, 5) is 42.0. The zero-order valence-electron chi connectivity index (χ0n) is 22.5. The van der Waals surface area contributed by atoms with Crippen LogP contribution in [0.3, 0.4) is 0 Å². The first-order valence-corrected chi connectivity index (χ1v) is 13.9. The topological polar surface area (TPSA) is 283 Å². The number of nitrogens with one attached hydrogen (secondary N) is 3. The van der Waals surface area contributed by atoms with Gasteiger partial charge in [-0.1, -0.05) is 12.2 Å². The normalized spacial score (nSPS) is 12.7. The Kier molecular flexibility index (Phi) is 9.69. The number of carboxylic acids is 2. The number of benzene rings is 2. The van der Waals surface area contributed by atoms with Crippen molar-refractivity contribution in [2.75, 3.05) is 0 Å². The Morgan fingerprint density at radius 2 is 1.79 bits per heavy atom. The maximum atomic E-state index is 12.7. The van der Waals surface area contributed by atoms with Gasteiger partial charge in [0.1, 0.15) is 29.2 Å². The Balaban J connectivity index is 2.18. The summed E-state index contributed by atoms with van der Waals surface area (Å²) in [5.74, 6) is -4.97. The third-order valence-corrected chi connectivity index (χ3v) is 6.86. The second-order valence-electron chi connectivity index (χ2n) is 9.18. The molecule has 0 bridgehead atoms. The lowest BCUT2D eigenvalue weighted by Crippen LogP contribution is -2.42. The van der Waals surface area contributed by atoms with E-state index in [4.69, 9.17) is 21.4 Å². The molecule has 1 atom stereocenters. The molecule has 43 heavy (non-hydrogen) atoms. The summed E-state index contributed by atoms with van der Waals surface area (Å²) in [6.07, 6.45) is 4.81. The Hall–Kier alpha value is -5.48. The van der Waals surface area contributed by atoms with Crippen LogP contribution in [0.1, 0.15) is 24.6 Å². The molecule has 11 N–H and O–H groups in total. The van der Waals surface area contributed by atoms with Crippen molar-refractivity contribution in [2.24, 2.45) is 10.9 Å². The van der Waals surface area contributed by atoms with Crippen molar-refractivity contribution in [3.8, 4) is 34.0 Å². The number of sulfonamides is 1. The molecular weight excluding hydrogens is 584 g/mol. The number of aliphatic carboxylic acids is 2. The van der Waals surface area contributed by atoms with E-state index in [1.54, 1.807) is 19.1 Å². The smallest absolute Gasteiger partial charge is 0.326 e. The SMILES string of the molecule is C/C=C\C(=C/c1c[nH]c(-c2cc(CC(=O)N[C@@H](CC(=O)O)C(=O)O)cc(-c3cc(S(N)(=O)=O)ccc3O)c2O)n1)C(=N)N. The van der Waals surface area contributed by atoms with Crippen molar-refractivity contribution >= 4 is 39.8 Å². The minimum atomic E-state index is -4.22. The number of hydrogen-bond acceptors (Lipinski definition) is 9. The molecule has 15 nitrogen and oxygen atoms in total. The number of hydrogen-bond donors (Lipinski definition) is 9. The molecule has 1 aromatic heterocycles. The van der Waals surface area contributed by atoms with Gasteiger partial charge in [0.15, 0.2) is 0 Å². The van der Waals surface area contributed by atoms with Gasteiger partial charge < -0.3 is 36.5 Å². The van der Waals surface area contributed by atoms with Gasteiger partial charge >= 0.3 is 11.9 Å². The van der Waals surface area contributed by atoms with Crippen LogP contribution in [-0.2, 0) is 30.8 Å². The van der Waals surface area contributed by atoms with E-state index in [1.165, 1.54) is 24.4 Å². The first kappa shape index (κ1) is 32.0. The van der Waals surface area contributed by atoms with Crippen molar-refractivity contribution in [3.63, 3.8) is 0 Å². The number of aromatic hydroxyl groups is 2. The third kappa shape index (κ3) is 8.05. The van der Waals surface area contributed by atoms with E-state index >= 15 is 0 Å². The van der Waals surface area contributed by atoms with Crippen LogP contribution in [0.25, 0.3) is 28.6 Å². The van der Waals surface area contributed by atoms with Crippen molar-refractivity contribution in [2.45, 2.75) is 30.7 Å². The molecule has 3 aromatic rings. The molecule has 16 heteroatoms. The summed E-state index contributed by atoms with van der Waals surface area (Å²) >= 11 is 0. The fourth-order valence-corrected chi connectivity index (χ4v) is 4.54. The number of nitrogens with two attached hydrogens (primary N) is 2. The van der Waals surface area contributed by atoms with Gasteiger partial charge in [-0.15, -0.1) is 0 Å². The van der Waals surface area contributed by atoms with E-state index in [0.29, 0.717) is 11.3 Å². The van der Waals surface area contributed by atoms with Gasteiger partial charge in [0.05, 0.1) is 29.0 Å². The Morgan fingerprint density at radius 3 is 2.37 bits per heavy atom. The number of phenols is 2. The number of nitrogens with zero attached hydrogens (tertiary/aromatic N) is 1. The van der Waals surface area contributed by atoms with Gasteiger partial charge in [0.2, 0.25) is 15.9 Å². The molecule has 3 rings (SSSR count). The lowest BCUT2D eigenvalue weighted by atomic mass is 9.95. The predicted molar refractivity (Wildman–Crippen MR) is 154 cm³/mol. The van der Waals surface area contributed by atoms with E-state index in [9.17, 15) is 38.1 Å². The number of imidazole rings is 1. The first-order chi connectivity index (χ1) is 20.1. The van der Waals surface area contributed by atoms with Gasteiger partial charge in [0, 0.05) is 22.9 Å². The van der Waals surface area contributed by atoms with E-state index < -0.39 is 58.3 Å². The second-order valence-corrected chi connectivity index (χ2v) is 10.7. The molecule has 0 spiro atoms. The Bertz CT molecular complexity index is 1780. The second kappa shape index (κ2) is 13.0. The molecule has 0 saturated carbocycles. The highest BCUT2D eigenvalue weighted by Gasteiger charge is 2.25. The molecule has 0 radical (unpaired) electrons. The van der Waals surface area contributed by atoms with Crippen molar-refractivity contribution in [1.29, 1.82) is 5.41 Å². The van der Waals surface area contributed by atoms with E-state index in [2.05, 4.69) is 15.3 Å². The van der Waals surface area contributed by atoms with E-state index in [-0.39, 0.29) is 38.8 Å². The van der Waals surface area contributed by atoms with Gasteiger partial charge in [-0.05, 0) is 48.9 Å². The van der Waals surface area contributed by atoms with Gasteiger partial charge in [0.25, 0.3) is 0 Å². The summed E-state index contributed by atoms with van der Waals surface area (Å²) in [6, 6.07) is 4.02. The van der Waals surface area contributed by atoms with Crippen LogP contribution in [0.2, 0.25) is 0 Å². The minimum Gasteiger partial charge on any atom is -0.507 e. The number of aromatic nitrogens is 2. The number of amidine groups is 1. The summed E-state index contributed by atoms with van der Waals surface area (Å²) in [5, 5.41) is 55.1. The van der Waals surface area contributed by atoms with Crippen LogP contribution in [0.4, 0.5) is 0 Å². The molecular formula is C27H28N6O9S. The zero-order valence-corrected chi connectivity index (χ0v) is 23.3. The monoisotopic (exact) mass is 612 g/mol. The lowest BCUT2D eigenvalue weighted by molar-refractivity contribution is -0.147. The molecule has 2 aromatic carbocycles. The van der Waals surface area contributed by atoms with Crippen molar-refractivity contribution in [1.82, 2.24) is 15.3 Å². The number of amides is 1. The molecule has 1 amide bonds. The average molecular weight is 613 g/mol. The summed E-state index contributed by atoms with van der Waals surface area (Å²) in [6.45, 7) is 1.73. The number of phenolic OH excluding ortho intramolecular Hbond substituents is 2. The predicted octanol–water partition coefficient (Wildman–Crippen LogP) is 1.28. The molecule has 0 aliphatic rings. The molecule has 0 fully saturated rings. The number of carbonyl (C=O) groups is 3. The molecule has 0 saturated heterocycles. The van der Waals surface area contributed by atoms with Crippen LogP contribution < -0.4 is 16.2 Å². The zero-order chi connectivity index (χ0) is 32.1. The van der Waals surface area contributed by atoms with E-state index in [0.717, 1.165) is 18.2 Å². The van der Waals surface area contributed by atoms with Crippen LogP contribution >= 0.6 is 0 Å². The quantitative estimate of drug-likeness (QED) is 0.0797. The molecule has 0 unspecified atom stereocenters. The van der Waals surface area contributed by atoms with Crippen LogP contribution in [0.5, 0.6) is 11.5 Å². The highest BCUT2D eigenvalue weighted by Crippen LogP contribution is 2.42. The maximum Gasteiger partial charge on any atom is 0.326 e. The highest BCUT2D eigenvalue weighted by molar-refractivity contribution is 7.89. The van der Waals surface area contributed by atoms with Gasteiger partial charge in [-0.3, -0.25) is 15.0 Å². The Morgan fingerprint density at radius 1 is 1.12 bits per heavy atom. The number of rotatable bonds is 12. The number of primary sulfonamides is 1. The summed E-state index contributed by atoms with van der Waals surface area (Å²) < 4.78 is 23.9. The molecule has 0 aliphatic heterocycles. The average Bonchev–Trinajstić information content (AvgIpc) is 3.36. The van der Waals surface area contributed by atoms with E-state index in [1.807, 2.05) is 0 Å². The standard InChI is InChI=1S/C27H28N6O9S/c1-2-3-14(25(28)29)9-15-12-31-26(32-15)19-7-13(8-22(35)33-20(27(39)40)11-23(36)37)6-18(24(19)38)17-10-16(43(30,41)42)4-5-21(17)34/h2-7,9-10,12,20,34,38H,8,11H2,1H3,(H3,28,29)(H,31,32)(H,33,35)(H,36,37)(H,39,40)(H2,30,41,42)/b3-2-,14-9+/t20-/m0/s1. The Labute approximate surface area is 244 Å². The highest BCUT2D eigenvalue weighted by atomic mass is 32.2. The fourth-order valence-electron chi connectivity index (χ4n) is 4.00. The van der Waals surface area contributed by atoms with Crippen LogP contribution in [0.15, 0.2) is 59.1 Å². The number of carbonyl (C=O) groups excluding carboxylic acids is 1. The summed E-state index contributed by atoms with van der Waals surface area (Å²) in [7, 11) is -4.22. The molecule has 1 heterocycles. The van der Waals surface area contributed by atoms with Crippen molar-refractivity contribution < 1.29 is 43.2 Å². The number of H-pyrrole nitrogens is 1. The largest absolute Gasteiger partial charge is 0.507 e. The fraction of sp³-hybridized carbons (Fsp3) is 0.148. The molecule has 0 aliphatic carbocycles. The molecule has 226 valence electrons. The van der Waals surface area contributed by atoms with Crippen molar-refractivity contribution in [3.05, 3.63) is 65.5 Å². The van der Waals surface area contributed by atoms with Crippen LogP contribution in [-0.4, -0.2) is 68.5 Å². The number of aromatic amines is 1. The van der Waals surface area contributed by atoms with Crippen LogP contribution in [0, 0.1) is 5.41 Å². The third-order valence-electron chi connectivity index (χ3n) is 5.95. The summed E-state index contributed by atoms with van der Waals surface area (Å²) in [5.41, 5.74) is 6.10. The minimum absolute atomic E-state index is 0.00362. The lowest BCUT2D eigenvalue weighted by Gasteiger charge is -2.16. The number of carboxylic acid groups (broad SMARTS) is 2. The maximum absolute atomic E-state index is 12.7. The van der Waals surface area contributed by atoms with Gasteiger partial charge in [-0.25, -0.2) is 23.3 Å².